The van der Waals surface area contributed by atoms with Crippen molar-refractivity contribution in [3.8, 4) is 0 Å². The molecule has 0 spiro atoms. The van der Waals surface area contributed by atoms with Gasteiger partial charge in [0.25, 0.3) is 5.91 Å². The molecule has 1 aromatic rings. The lowest BCUT2D eigenvalue weighted by molar-refractivity contribution is 0.0368. The van der Waals surface area contributed by atoms with E-state index in [1.807, 2.05) is 13.8 Å². The number of aliphatic hydroxyl groups is 1. The molecule has 3 nitrogen and oxygen atoms in total. The fourth-order valence-corrected chi connectivity index (χ4v) is 2.24. The quantitative estimate of drug-likeness (QED) is 0.875. The Morgan fingerprint density at radius 3 is 2.68 bits per heavy atom. The molecule has 1 atom stereocenters. The largest absolute Gasteiger partial charge is 0.388 e. The van der Waals surface area contributed by atoms with Crippen molar-refractivity contribution in [1.82, 2.24) is 5.32 Å². The van der Waals surface area contributed by atoms with Gasteiger partial charge >= 0.3 is 0 Å². The molecule has 0 aromatic heterocycles. The van der Waals surface area contributed by atoms with E-state index in [0.29, 0.717) is 12.3 Å². The van der Waals surface area contributed by atoms with Crippen molar-refractivity contribution >= 4 is 17.5 Å². The first kappa shape index (κ1) is 15.9. The van der Waals surface area contributed by atoms with E-state index in [4.69, 9.17) is 11.6 Å². The van der Waals surface area contributed by atoms with Crippen molar-refractivity contribution < 1.29 is 14.3 Å². The van der Waals surface area contributed by atoms with Crippen LogP contribution in [0.4, 0.5) is 4.39 Å². The summed E-state index contributed by atoms with van der Waals surface area (Å²) in [6.07, 6.45) is 0.574. The molecular formula is C14H19ClFNO2. The zero-order valence-corrected chi connectivity index (χ0v) is 12.1. The highest BCUT2D eigenvalue weighted by Gasteiger charge is 2.23. The summed E-state index contributed by atoms with van der Waals surface area (Å²) in [4.78, 5) is 11.9. The number of hydrogen-bond acceptors (Lipinski definition) is 2. The third-order valence-corrected chi connectivity index (χ3v) is 2.97. The number of nitrogens with one attached hydrogen (secondary N) is 1. The van der Waals surface area contributed by atoms with Gasteiger partial charge < -0.3 is 10.4 Å². The van der Waals surface area contributed by atoms with E-state index in [9.17, 15) is 14.3 Å². The van der Waals surface area contributed by atoms with E-state index >= 15 is 0 Å². The van der Waals surface area contributed by atoms with Crippen LogP contribution in [0.3, 0.4) is 0 Å². The average molecular weight is 288 g/mol. The molecule has 0 saturated heterocycles. The van der Waals surface area contributed by atoms with Crippen LogP contribution in [0.5, 0.6) is 0 Å². The molecule has 0 saturated carbocycles. The van der Waals surface area contributed by atoms with Crippen LogP contribution in [0.1, 0.15) is 37.6 Å². The van der Waals surface area contributed by atoms with Crippen LogP contribution in [0.2, 0.25) is 5.02 Å². The molecule has 0 radical (unpaired) electrons. The molecule has 0 heterocycles. The summed E-state index contributed by atoms with van der Waals surface area (Å²) in [5.74, 6) is -0.594. The molecule has 0 aliphatic carbocycles. The minimum Gasteiger partial charge on any atom is -0.388 e. The van der Waals surface area contributed by atoms with E-state index in [0.717, 1.165) is 6.07 Å². The van der Waals surface area contributed by atoms with Crippen LogP contribution in [-0.4, -0.2) is 23.2 Å². The van der Waals surface area contributed by atoms with E-state index < -0.39 is 17.3 Å². The molecular weight excluding hydrogens is 269 g/mol. The molecule has 0 bridgehead atoms. The highest BCUT2D eigenvalue weighted by molar-refractivity contribution is 6.33. The van der Waals surface area contributed by atoms with Gasteiger partial charge in [-0.05, 0) is 37.5 Å². The molecule has 106 valence electrons. The maximum absolute atomic E-state index is 12.9. The molecule has 1 unspecified atom stereocenters. The number of amides is 1. The first-order valence-electron chi connectivity index (χ1n) is 6.17. The maximum Gasteiger partial charge on any atom is 0.252 e. The molecule has 2 N–H and O–H groups in total. The van der Waals surface area contributed by atoms with Crippen molar-refractivity contribution in [3.63, 3.8) is 0 Å². The van der Waals surface area contributed by atoms with Gasteiger partial charge in [0.05, 0.1) is 16.2 Å². The van der Waals surface area contributed by atoms with Gasteiger partial charge in [-0.1, -0.05) is 25.4 Å². The van der Waals surface area contributed by atoms with Gasteiger partial charge in [-0.15, -0.1) is 0 Å². The van der Waals surface area contributed by atoms with Gasteiger partial charge in [0.1, 0.15) is 5.82 Å². The summed E-state index contributed by atoms with van der Waals surface area (Å²) >= 11 is 5.80. The number of carbonyl (C=O) groups is 1. The number of rotatable bonds is 5. The third-order valence-electron chi connectivity index (χ3n) is 2.65. The third kappa shape index (κ3) is 5.17. The Labute approximate surface area is 117 Å². The lowest BCUT2D eigenvalue weighted by Crippen LogP contribution is -2.41. The second-order valence-electron chi connectivity index (χ2n) is 5.40. The van der Waals surface area contributed by atoms with Gasteiger partial charge in [-0.2, -0.15) is 0 Å². The fourth-order valence-electron chi connectivity index (χ4n) is 1.99. The van der Waals surface area contributed by atoms with Gasteiger partial charge in [-0.3, -0.25) is 4.79 Å². The minimum absolute atomic E-state index is 0.0565. The molecule has 1 rings (SSSR count). The van der Waals surface area contributed by atoms with Crippen molar-refractivity contribution in [2.45, 2.75) is 32.8 Å². The van der Waals surface area contributed by atoms with E-state index in [-0.39, 0.29) is 17.1 Å². The number of carbonyl (C=O) groups excluding carboxylic acids is 1. The van der Waals surface area contributed by atoms with Crippen LogP contribution in [0.25, 0.3) is 0 Å². The smallest absolute Gasteiger partial charge is 0.252 e. The zero-order chi connectivity index (χ0) is 14.6. The van der Waals surface area contributed by atoms with Crippen LogP contribution in [0.15, 0.2) is 18.2 Å². The standard InChI is InChI=1S/C14H19ClFNO2/c1-9(2)7-14(3,19)8-17-13(18)11-5-4-10(16)6-12(11)15/h4-6,9,19H,7-8H2,1-3H3,(H,17,18). The van der Waals surface area contributed by atoms with Gasteiger partial charge in [0.15, 0.2) is 0 Å². The lowest BCUT2D eigenvalue weighted by atomic mass is 9.94. The van der Waals surface area contributed by atoms with Crippen LogP contribution in [0, 0.1) is 11.7 Å². The lowest BCUT2D eigenvalue weighted by Gasteiger charge is -2.25. The number of benzene rings is 1. The number of hydrogen-bond donors (Lipinski definition) is 2. The Bertz CT molecular complexity index is 461. The molecule has 0 fully saturated rings. The summed E-state index contributed by atoms with van der Waals surface area (Å²) in [6.45, 7) is 5.78. The zero-order valence-electron chi connectivity index (χ0n) is 11.3. The predicted molar refractivity (Wildman–Crippen MR) is 73.8 cm³/mol. The molecule has 0 aliphatic rings. The first-order valence-corrected chi connectivity index (χ1v) is 6.55. The summed E-state index contributed by atoms with van der Waals surface area (Å²) in [5.41, 5.74) is -0.778. The van der Waals surface area contributed by atoms with Crippen LogP contribution < -0.4 is 5.32 Å². The SMILES string of the molecule is CC(C)CC(C)(O)CNC(=O)c1ccc(F)cc1Cl. The van der Waals surface area contributed by atoms with Crippen molar-refractivity contribution in [2.24, 2.45) is 5.92 Å². The Morgan fingerprint density at radius 1 is 1.53 bits per heavy atom. The Kier molecular flexibility index (Phi) is 5.32. The van der Waals surface area contributed by atoms with Crippen molar-refractivity contribution in [2.75, 3.05) is 6.54 Å². The van der Waals surface area contributed by atoms with Crippen molar-refractivity contribution in [1.29, 1.82) is 0 Å². The Morgan fingerprint density at radius 2 is 2.16 bits per heavy atom. The van der Waals surface area contributed by atoms with Crippen LogP contribution >= 0.6 is 11.6 Å². The summed E-state index contributed by atoms with van der Waals surface area (Å²) in [5, 5.41) is 12.8. The summed E-state index contributed by atoms with van der Waals surface area (Å²) in [6, 6.07) is 3.58. The maximum atomic E-state index is 12.9. The fraction of sp³-hybridized carbons (Fsp3) is 0.500. The Hall–Kier alpha value is -1.13. The summed E-state index contributed by atoms with van der Waals surface area (Å²) < 4.78 is 12.9. The van der Waals surface area contributed by atoms with Crippen LogP contribution in [-0.2, 0) is 0 Å². The molecule has 1 aromatic carbocycles. The Balaban J connectivity index is 2.65. The summed E-state index contributed by atoms with van der Waals surface area (Å²) in [7, 11) is 0. The normalized spacial score (nSPS) is 14.3. The molecule has 5 heteroatoms. The first-order chi connectivity index (χ1) is 8.71. The van der Waals surface area contributed by atoms with Crippen molar-refractivity contribution in [3.05, 3.63) is 34.6 Å². The second-order valence-corrected chi connectivity index (χ2v) is 5.81. The van der Waals surface area contributed by atoms with Gasteiger partial charge in [0.2, 0.25) is 0 Å². The highest BCUT2D eigenvalue weighted by atomic mass is 35.5. The van der Waals surface area contributed by atoms with Gasteiger partial charge in [-0.25, -0.2) is 4.39 Å². The second kappa shape index (κ2) is 6.35. The average Bonchev–Trinajstić information content (AvgIpc) is 2.24. The molecule has 19 heavy (non-hydrogen) atoms. The monoisotopic (exact) mass is 287 g/mol. The van der Waals surface area contributed by atoms with Gasteiger partial charge in [0, 0.05) is 6.54 Å². The molecule has 1 amide bonds. The van der Waals surface area contributed by atoms with E-state index in [2.05, 4.69) is 5.32 Å². The van der Waals surface area contributed by atoms with E-state index in [1.54, 1.807) is 6.92 Å². The van der Waals surface area contributed by atoms with E-state index in [1.165, 1.54) is 12.1 Å². The topological polar surface area (TPSA) is 49.3 Å². The predicted octanol–water partition coefficient (Wildman–Crippen LogP) is 3.01. The highest BCUT2D eigenvalue weighted by Crippen LogP contribution is 2.18. The molecule has 0 aliphatic heterocycles. The minimum atomic E-state index is -0.976. The number of halogens is 2.